The van der Waals surface area contributed by atoms with Crippen molar-refractivity contribution in [2.45, 2.75) is 115 Å². The minimum atomic E-state index is -2.41. The Labute approximate surface area is 197 Å². The van der Waals surface area contributed by atoms with Crippen molar-refractivity contribution >= 4 is 45.0 Å². The average Bonchev–Trinajstić information content (AvgIpc) is 2.38. The normalized spacial score (nSPS) is 14.5. The molecule has 0 atom stereocenters. The van der Waals surface area contributed by atoms with Crippen LogP contribution in [0, 0.1) is 0 Å². The molecule has 0 nitrogen and oxygen atoms in total. The van der Waals surface area contributed by atoms with Crippen LogP contribution in [0.5, 0.6) is 0 Å². The Kier molecular flexibility index (Phi) is 8.42. The quantitative estimate of drug-likeness (QED) is 0.332. The van der Waals surface area contributed by atoms with Crippen molar-refractivity contribution in [1.82, 2.24) is 0 Å². The summed E-state index contributed by atoms with van der Waals surface area (Å²) in [5.41, 5.74) is 3.62. The molecule has 0 saturated heterocycles. The second-order valence-corrected chi connectivity index (χ2v) is 37.3. The molecule has 31 heavy (non-hydrogen) atoms. The molecule has 0 bridgehead atoms. The second-order valence-electron chi connectivity index (χ2n) is 14.9. The first-order valence-electron chi connectivity index (χ1n) is 11.9. The molecule has 0 fully saturated rings. The Morgan fingerprint density at radius 1 is 0.613 bits per heavy atom. The van der Waals surface area contributed by atoms with Crippen LogP contribution in [-0.4, -0.2) is 39.6 Å². The van der Waals surface area contributed by atoms with E-state index in [0.717, 1.165) is 11.1 Å². The molecule has 0 radical (unpaired) electrons. The van der Waals surface area contributed by atoms with Gasteiger partial charge in [-0.2, -0.15) is 0 Å². The van der Waals surface area contributed by atoms with E-state index in [4.69, 9.17) is 0 Å². The van der Waals surface area contributed by atoms with E-state index >= 15 is 8.63 Å². The van der Waals surface area contributed by atoms with Crippen molar-refractivity contribution in [2.75, 3.05) is 0 Å². The lowest BCUT2D eigenvalue weighted by molar-refractivity contribution is 0.588. The van der Waals surface area contributed by atoms with E-state index in [0.29, 0.717) is 15.8 Å². The summed E-state index contributed by atoms with van der Waals surface area (Å²) in [5, 5.41) is 0.628. The molecule has 0 N–H and O–H groups in total. The molecule has 0 spiro atoms. The lowest BCUT2D eigenvalue weighted by atomic mass is 9.75. The lowest BCUT2D eigenvalue weighted by Gasteiger charge is -2.44. The molecule has 0 aliphatic heterocycles. The standard InChI is InChI=1S/C24H49BF2Si4/c1-24(2,3)18-16-19(22(28(4,5)6)29(7,8)9)21(25(26)27)20(17-18)23(30(10,11)12)31(13,14)15/h16-17,22-23H,1-15H3. The smallest absolute Gasteiger partial charge is 0.281 e. The van der Waals surface area contributed by atoms with Crippen LogP contribution in [-0.2, 0) is 5.41 Å². The Bertz CT molecular complexity index is 692. The van der Waals surface area contributed by atoms with Gasteiger partial charge in [0.05, 0.1) is 0 Å². The van der Waals surface area contributed by atoms with E-state index in [1.807, 2.05) is 0 Å². The van der Waals surface area contributed by atoms with Crippen molar-refractivity contribution in [3.8, 4) is 0 Å². The first-order valence-corrected chi connectivity index (χ1v) is 26.2. The zero-order valence-electron chi connectivity index (χ0n) is 23.1. The van der Waals surface area contributed by atoms with E-state index in [1.165, 1.54) is 5.56 Å². The SMILES string of the molecule is CC(C)(C)c1cc(C([Si](C)(C)C)[Si](C)(C)C)c(B(F)F)c(C([Si](C)(C)C)[Si](C)(C)C)c1. The zero-order chi connectivity index (χ0) is 25.0. The van der Waals surface area contributed by atoms with Crippen LogP contribution in [0.25, 0.3) is 0 Å². The molecular weight excluding hydrogens is 449 g/mol. The van der Waals surface area contributed by atoms with Crippen molar-refractivity contribution in [3.63, 3.8) is 0 Å². The Morgan fingerprint density at radius 3 is 1.03 bits per heavy atom. The third-order valence-electron chi connectivity index (χ3n) is 6.41. The van der Waals surface area contributed by atoms with E-state index < -0.39 is 39.6 Å². The topological polar surface area (TPSA) is 0 Å². The fourth-order valence-electron chi connectivity index (χ4n) is 6.33. The summed E-state index contributed by atoms with van der Waals surface area (Å²) in [7, 11) is -9.29. The van der Waals surface area contributed by atoms with Crippen LogP contribution in [0.1, 0.15) is 47.8 Å². The summed E-state index contributed by atoms with van der Waals surface area (Å²) in [6.45, 7) is 35.2. The Hall–Kier alpha value is 0.0125. The van der Waals surface area contributed by atoms with E-state index in [2.05, 4.69) is 111 Å². The van der Waals surface area contributed by atoms with Gasteiger partial charge in [0, 0.05) is 32.3 Å². The molecule has 7 heteroatoms. The maximum atomic E-state index is 15.1. The van der Waals surface area contributed by atoms with Gasteiger partial charge < -0.3 is 0 Å². The van der Waals surface area contributed by atoms with E-state index in [9.17, 15) is 0 Å². The molecule has 0 aliphatic rings. The lowest BCUT2D eigenvalue weighted by Crippen LogP contribution is -2.53. The second kappa shape index (κ2) is 8.99. The molecule has 1 rings (SSSR count). The van der Waals surface area contributed by atoms with Crippen molar-refractivity contribution in [3.05, 3.63) is 28.8 Å². The minimum absolute atomic E-state index is 0.0585. The number of hydrogen-bond acceptors (Lipinski definition) is 0. The highest BCUT2D eigenvalue weighted by atomic mass is 28.4. The highest BCUT2D eigenvalue weighted by Crippen LogP contribution is 2.42. The molecule has 0 heterocycles. The number of rotatable bonds is 7. The molecule has 0 amide bonds. The van der Waals surface area contributed by atoms with Crippen molar-refractivity contribution in [1.29, 1.82) is 0 Å². The number of halogens is 2. The summed E-state index contributed by atoms with van der Waals surface area (Å²) in [6, 6.07) is 4.41. The molecule has 0 aromatic heterocycles. The van der Waals surface area contributed by atoms with Gasteiger partial charge in [-0.1, -0.05) is 111 Å². The summed E-state index contributed by atoms with van der Waals surface area (Å²) >= 11 is 0. The average molecular weight is 499 g/mol. The summed E-state index contributed by atoms with van der Waals surface area (Å²) in [5.74, 6) is 0. The van der Waals surface area contributed by atoms with Gasteiger partial charge >= 0.3 is 7.27 Å². The van der Waals surface area contributed by atoms with Crippen LogP contribution < -0.4 is 5.46 Å². The van der Waals surface area contributed by atoms with Gasteiger partial charge in [0.15, 0.2) is 0 Å². The van der Waals surface area contributed by atoms with Crippen LogP contribution >= 0.6 is 0 Å². The molecule has 0 aliphatic carbocycles. The fourth-order valence-corrected chi connectivity index (χ4v) is 31.8. The van der Waals surface area contributed by atoms with Gasteiger partial charge in [-0.05, 0) is 37.9 Å². The summed E-state index contributed by atoms with van der Waals surface area (Å²) in [4.78, 5) is 0. The summed E-state index contributed by atoms with van der Waals surface area (Å²) in [6.07, 6.45) is 0. The molecular formula is C24H49BF2Si4. The summed E-state index contributed by atoms with van der Waals surface area (Å²) < 4.78 is 30.1. The van der Waals surface area contributed by atoms with Crippen LogP contribution in [0.3, 0.4) is 0 Å². The first kappa shape index (κ1) is 29.0. The van der Waals surface area contributed by atoms with Gasteiger partial charge in [-0.25, -0.2) is 0 Å². The zero-order valence-corrected chi connectivity index (χ0v) is 27.1. The monoisotopic (exact) mass is 498 g/mol. The Balaban J connectivity index is 4.29. The largest absolute Gasteiger partial charge is 0.572 e. The predicted molar refractivity (Wildman–Crippen MR) is 152 cm³/mol. The number of benzene rings is 1. The van der Waals surface area contributed by atoms with Crippen molar-refractivity contribution in [2.24, 2.45) is 0 Å². The van der Waals surface area contributed by atoms with E-state index in [-0.39, 0.29) is 5.41 Å². The third-order valence-corrected chi connectivity index (χ3v) is 25.0. The van der Waals surface area contributed by atoms with Gasteiger partial charge in [0.2, 0.25) is 0 Å². The molecule has 0 unspecified atom stereocenters. The maximum absolute atomic E-state index is 15.1. The van der Waals surface area contributed by atoms with Crippen molar-refractivity contribution < 1.29 is 8.63 Å². The van der Waals surface area contributed by atoms with Gasteiger partial charge in [-0.15, -0.1) is 0 Å². The highest BCUT2D eigenvalue weighted by Gasteiger charge is 2.46. The van der Waals surface area contributed by atoms with Crippen LogP contribution in [0.4, 0.5) is 8.63 Å². The van der Waals surface area contributed by atoms with Crippen LogP contribution in [0.2, 0.25) is 78.6 Å². The van der Waals surface area contributed by atoms with Crippen LogP contribution in [0.15, 0.2) is 12.1 Å². The van der Waals surface area contributed by atoms with Gasteiger partial charge in [-0.3, -0.25) is 8.63 Å². The minimum Gasteiger partial charge on any atom is -0.281 e. The molecule has 0 saturated carbocycles. The van der Waals surface area contributed by atoms with Gasteiger partial charge in [0.25, 0.3) is 0 Å². The van der Waals surface area contributed by atoms with Gasteiger partial charge in [0.1, 0.15) is 0 Å². The molecule has 1 aromatic carbocycles. The predicted octanol–water partition coefficient (Wildman–Crippen LogP) is 8.30. The third kappa shape index (κ3) is 7.00. The molecule has 1 aromatic rings. The fraction of sp³-hybridized carbons (Fsp3) is 0.750. The van der Waals surface area contributed by atoms with E-state index in [1.54, 1.807) is 0 Å². The number of hydrogen-bond donors (Lipinski definition) is 0. The highest BCUT2D eigenvalue weighted by molar-refractivity contribution is 6.97. The maximum Gasteiger partial charge on any atom is 0.572 e. The Morgan fingerprint density at radius 2 is 0.871 bits per heavy atom. The molecule has 178 valence electrons. The first-order chi connectivity index (χ1) is 13.4.